The van der Waals surface area contributed by atoms with Crippen molar-refractivity contribution in [2.45, 2.75) is 0 Å². The summed E-state index contributed by atoms with van der Waals surface area (Å²) in [5.74, 6) is 0. The third-order valence-electron chi connectivity index (χ3n) is 2.76. The van der Waals surface area contributed by atoms with Crippen molar-refractivity contribution in [2.75, 3.05) is 0 Å². The van der Waals surface area contributed by atoms with Gasteiger partial charge < -0.3 is 0 Å². The van der Waals surface area contributed by atoms with Crippen LogP contribution in [0.5, 0.6) is 0 Å². The molecule has 0 aliphatic rings. The van der Waals surface area contributed by atoms with Gasteiger partial charge in [-0.1, -0.05) is 12.1 Å². The van der Waals surface area contributed by atoms with Gasteiger partial charge in [0.15, 0.2) is 0 Å². The van der Waals surface area contributed by atoms with Gasteiger partial charge >= 0.3 is 11.4 Å². The molecule has 0 bridgehead atoms. The number of hydrogen-bond donors (Lipinski definition) is 0. The molecule has 0 aliphatic heterocycles. The van der Waals surface area contributed by atoms with E-state index in [9.17, 15) is 30.3 Å². The van der Waals surface area contributed by atoms with Crippen molar-refractivity contribution in [3.63, 3.8) is 0 Å². The lowest BCUT2D eigenvalue weighted by molar-refractivity contribution is -0.422. The quantitative estimate of drug-likeness (QED) is 0.628. The van der Waals surface area contributed by atoms with E-state index in [1.807, 2.05) is 0 Å². The Labute approximate surface area is 116 Å². The van der Waals surface area contributed by atoms with Crippen LogP contribution in [0.1, 0.15) is 0 Å². The molecule has 0 aromatic heterocycles. The first-order valence-corrected chi connectivity index (χ1v) is 5.58. The number of benzene rings is 2. The molecule has 2 aromatic rings. The van der Waals surface area contributed by atoms with Gasteiger partial charge in [-0.05, 0) is 17.2 Å². The van der Waals surface area contributed by atoms with Gasteiger partial charge in [-0.15, -0.1) is 0 Å². The highest BCUT2D eigenvalue weighted by atomic mass is 16.6. The van der Waals surface area contributed by atoms with E-state index >= 15 is 0 Å². The molecule has 2 aromatic carbocycles. The van der Waals surface area contributed by atoms with Crippen molar-refractivity contribution in [3.8, 4) is 11.1 Å². The molecule has 0 radical (unpaired) electrons. The molecule has 0 saturated heterocycles. The van der Waals surface area contributed by atoms with Crippen molar-refractivity contribution in [2.24, 2.45) is 0 Å². The van der Waals surface area contributed by atoms with Crippen LogP contribution in [0.4, 0.5) is 17.1 Å². The third kappa shape index (κ3) is 2.81. The van der Waals surface area contributed by atoms with Gasteiger partial charge in [-0.25, -0.2) is 0 Å². The largest absolute Gasteiger partial charge is 0.346 e. The predicted octanol–water partition coefficient (Wildman–Crippen LogP) is 3.08. The minimum Gasteiger partial charge on any atom is -0.258 e. The van der Waals surface area contributed by atoms with Crippen molar-refractivity contribution >= 4 is 17.1 Å². The normalized spacial score (nSPS) is 10.1. The fourth-order valence-corrected chi connectivity index (χ4v) is 1.80. The highest BCUT2D eigenvalue weighted by Crippen LogP contribution is 2.32. The van der Waals surface area contributed by atoms with Crippen LogP contribution in [0.25, 0.3) is 11.1 Å². The molecule has 9 heteroatoms. The van der Waals surface area contributed by atoms with Crippen LogP contribution in [-0.2, 0) is 0 Å². The summed E-state index contributed by atoms with van der Waals surface area (Å²) in [5, 5.41) is 32.3. The summed E-state index contributed by atoms with van der Waals surface area (Å²) < 4.78 is 0. The zero-order valence-electron chi connectivity index (χ0n) is 10.3. The lowest BCUT2D eigenvalue weighted by Crippen LogP contribution is -1.97. The second kappa shape index (κ2) is 5.33. The number of non-ortho nitro benzene ring substituents is 1. The first-order chi connectivity index (χ1) is 9.90. The topological polar surface area (TPSA) is 129 Å². The molecule has 0 amide bonds. The SMILES string of the molecule is O=[N+]([O-])c1cccc(-c2ccc([N+](=O)[O-])c([N+](=O)[O-])c2)c1. The standard InChI is InChI=1S/C12H7N3O6/c16-13(17)10-3-1-2-8(6-10)9-4-5-11(14(18)19)12(7-9)15(20)21/h1-7H. The van der Waals surface area contributed by atoms with Gasteiger partial charge in [0.25, 0.3) is 5.69 Å². The number of rotatable bonds is 4. The van der Waals surface area contributed by atoms with Gasteiger partial charge in [0.05, 0.1) is 14.8 Å². The van der Waals surface area contributed by atoms with Crippen LogP contribution < -0.4 is 0 Å². The van der Waals surface area contributed by atoms with E-state index in [1.165, 1.54) is 30.3 Å². The third-order valence-corrected chi connectivity index (χ3v) is 2.76. The number of nitro benzene ring substituents is 3. The molecule has 2 rings (SSSR count). The molecule has 0 N–H and O–H groups in total. The molecule has 0 heterocycles. The molecule has 0 fully saturated rings. The first kappa shape index (κ1) is 14.1. The van der Waals surface area contributed by atoms with Gasteiger partial charge in [-0.3, -0.25) is 30.3 Å². The second-order valence-corrected chi connectivity index (χ2v) is 4.03. The highest BCUT2D eigenvalue weighted by Gasteiger charge is 2.24. The Balaban J connectivity index is 2.58. The maximum Gasteiger partial charge on any atom is 0.346 e. The zero-order valence-corrected chi connectivity index (χ0v) is 10.3. The summed E-state index contributed by atoms with van der Waals surface area (Å²) in [4.78, 5) is 30.0. The zero-order chi connectivity index (χ0) is 15.6. The fourth-order valence-electron chi connectivity index (χ4n) is 1.80. The summed E-state index contributed by atoms with van der Waals surface area (Å²) >= 11 is 0. The van der Waals surface area contributed by atoms with Gasteiger partial charge in [0.2, 0.25) is 0 Å². The molecule has 21 heavy (non-hydrogen) atoms. The Bertz CT molecular complexity index is 758. The number of hydrogen-bond acceptors (Lipinski definition) is 6. The van der Waals surface area contributed by atoms with Crippen molar-refractivity contribution in [1.29, 1.82) is 0 Å². The number of nitro groups is 3. The van der Waals surface area contributed by atoms with Crippen LogP contribution in [0.2, 0.25) is 0 Å². The van der Waals surface area contributed by atoms with Crippen LogP contribution in [0.15, 0.2) is 42.5 Å². The first-order valence-electron chi connectivity index (χ1n) is 5.58. The van der Waals surface area contributed by atoms with E-state index in [-0.39, 0.29) is 11.3 Å². The summed E-state index contributed by atoms with van der Waals surface area (Å²) in [6.45, 7) is 0. The lowest BCUT2D eigenvalue weighted by atomic mass is 10.0. The van der Waals surface area contributed by atoms with Crippen molar-refractivity contribution in [3.05, 3.63) is 72.8 Å². The van der Waals surface area contributed by atoms with E-state index in [4.69, 9.17) is 0 Å². The lowest BCUT2D eigenvalue weighted by Gasteiger charge is -2.02. The monoisotopic (exact) mass is 289 g/mol. The molecule has 0 unspecified atom stereocenters. The van der Waals surface area contributed by atoms with Crippen LogP contribution >= 0.6 is 0 Å². The number of nitrogens with zero attached hydrogens (tertiary/aromatic N) is 3. The Morgan fingerprint density at radius 3 is 1.86 bits per heavy atom. The molecule has 0 aliphatic carbocycles. The molecular weight excluding hydrogens is 282 g/mol. The Morgan fingerprint density at radius 2 is 1.29 bits per heavy atom. The highest BCUT2D eigenvalue weighted by molar-refractivity contribution is 5.71. The average molecular weight is 289 g/mol. The van der Waals surface area contributed by atoms with E-state index in [2.05, 4.69) is 0 Å². The molecule has 0 saturated carbocycles. The smallest absolute Gasteiger partial charge is 0.258 e. The minimum atomic E-state index is -0.862. The minimum absolute atomic E-state index is 0.173. The summed E-state index contributed by atoms with van der Waals surface area (Å²) in [6, 6.07) is 8.82. The summed E-state index contributed by atoms with van der Waals surface area (Å²) in [7, 11) is 0. The summed E-state index contributed by atoms with van der Waals surface area (Å²) in [5.41, 5.74) is -0.815. The molecule has 0 atom stereocenters. The van der Waals surface area contributed by atoms with Crippen LogP contribution in [-0.4, -0.2) is 14.8 Å². The van der Waals surface area contributed by atoms with Gasteiger partial charge in [0.1, 0.15) is 0 Å². The molecular formula is C12H7N3O6. The van der Waals surface area contributed by atoms with Crippen LogP contribution in [0, 0.1) is 30.3 Å². The van der Waals surface area contributed by atoms with Gasteiger partial charge in [-0.2, -0.15) is 0 Å². The van der Waals surface area contributed by atoms with E-state index < -0.39 is 26.1 Å². The fraction of sp³-hybridized carbons (Fsp3) is 0. The molecule has 9 nitrogen and oxygen atoms in total. The van der Waals surface area contributed by atoms with Crippen molar-refractivity contribution < 1.29 is 14.8 Å². The van der Waals surface area contributed by atoms with Crippen molar-refractivity contribution in [1.82, 2.24) is 0 Å². The van der Waals surface area contributed by atoms with Gasteiger partial charge in [0, 0.05) is 24.3 Å². The second-order valence-electron chi connectivity index (χ2n) is 4.03. The molecule has 0 spiro atoms. The maximum atomic E-state index is 10.9. The van der Waals surface area contributed by atoms with E-state index in [1.54, 1.807) is 0 Å². The maximum absolute atomic E-state index is 10.9. The molecule has 106 valence electrons. The Kier molecular flexibility index (Phi) is 3.57. The van der Waals surface area contributed by atoms with E-state index in [0.29, 0.717) is 5.56 Å². The Hall–Kier alpha value is -3.36. The average Bonchev–Trinajstić information content (AvgIpc) is 2.46. The van der Waals surface area contributed by atoms with Crippen LogP contribution in [0.3, 0.4) is 0 Å². The summed E-state index contributed by atoms with van der Waals surface area (Å²) in [6.07, 6.45) is 0. The Morgan fingerprint density at radius 1 is 0.667 bits per heavy atom. The predicted molar refractivity (Wildman–Crippen MR) is 71.8 cm³/mol. The van der Waals surface area contributed by atoms with E-state index in [0.717, 1.165) is 12.1 Å².